The van der Waals surface area contributed by atoms with Gasteiger partial charge in [0.05, 0.1) is 0 Å². The van der Waals surface area contributed by atoms with Crippen LogP contribution >= 0.6 is 0 Å². The van der Waals surface area contributed by atoms with Crippen molar-refractivity contribution in [1.82, 2.24) is 19.9 Å². The molecule has 12 nitrogen and oxygen atoms in total. The van der Waals surface area contributed by atoms with E-state index in [0.29, 0.717) is 77.0 Å². The molecule has 0 saturated heterocycles. The molecule has 0 aliphatic carbocycles. The Morgan fingerprint density at radius 3 is 0.703 bits per heavy atom. The second kappa shape index (κ2) is 22.4. The molecule has 2 N–H and O–H groups in total. The molecule has 0 radical (unpaired) electrons. The largest absolute Gasteiger partial charge is 0.355 e. The van der Waals surface area contributed by atoms with Crippen LogP contribution in [0.4, 0.5) is 0 Å². The van der Waals surface area contributed by atoms with Crippen LogP contribution in [0.1, 0.15) is 201 Å². The fraction of sp³-hybridized carbons (Fsp3) is 0.538. The molecule has 3 aromatic heterocycles. The Balaban J connectivity index is 2.03. The molecule has 3 aromatic rings. The minimum atomic E-state index is -0.241. The summed E-state index contributed by atoms with van der Waals surface area (Å²) in [6, 6.07) is 8.01. The van der Waals surface area contributed by atoms with Crippen molar-refractivity contribution < 1.29 is 38.4 Å². The van der Waals surface area contributed by atoms with Crippen LogP contribution in [0.3, 0.4) is 0 Å². The number of ketones is 8. The number of aromatic nitrogens is 4. The summed E-state index contributed by atoms with van der Waals surface area (Å²) in [5.41, 5.74) is 9.36. The quantitative estimate of drug-likeness (QED) is 0.0875. The zero-order valence-electron chi connectivity index (χ0n) is 39.1. The molecule has 2 aliphatic heterocycles. The highest BCUT2D eigenvalue weighted by atomic mass is 16.1. The number of rotatable bonds is 24. The van der Waals surface area contributed by atoms with Crippen molar-refractivity contribution in [3.8, 4) is 0 Å². The van der Waals surface area contributed by atoms with Gasteiger partial charge in [-0.25, -0.2) is 0 Å². The van der Waals surface area contributed by atoms with Gasteiger partial charge in [0.1, 0.15) is 46.3 Å². The van der Waals surface area contributed by atoms with Crippen molar-refractivity contribution in [2.24, 2.45) is 0 Å². The lowest BCUT2D eigenvalue weighted by Crippen LogP contribution is -2.09. The Hall–Kier alpha value is -5.52. The summed E-state index contributed by atoms with van der Waals surface area (Å²) >= 11 is 0. The van der Waals surface area contributed by atoms with E-state index in [4.69, 9.17) is 9.97 Å². The summed E-state index contributed by atoms with van der Waals surface area (Å²) in [4.78, 5) is 119. The van der Waals surface area contributed by atoms with E-state index in [1.165, 1.54) is 0 Å². The van der Waals surface area contributed by atoms with Crippen LogP contribution in [0, 0.1) is 0 Å². The maximum Gasteiger partial charge on any atom is 0.130 e. The highest BCUT2D eigenvalue weighted by Crippen LogP contribution is 2.46. The summed E-state index contributed by atoms with van der Waals surface area (Å²) in [5, 5.41) is 0. The second-order valence-corrected chi connectivity index (χ2v) is 18.5. The van der Waals surface area contributed by atoms with Gasteiger partial charge in [-0.3, -0.25) is 9.97 Å². The first-order valence-electron chi connectivity index (χ1n) is 23.0. The van der Waals surface area contributed by atoms with Crippen LogP contribution in [0.15, 0.2) is 24.3 Å². The molecular weight excluding hydrogens is 809 g/mol. The Labute approximate surface area is 376 Å². The average Bonchev–Trinajstić information content (AvgIpc) is 3.90. The molecule has 0 saturated carbocycles. The zero-order chi connectivity index (χ0) is 46.8. The number of nitrogens with one attached hydrogen (secondary N) is 2. The Kier molecular flexibility index (Phi) is 17.3. The molecule has 5 heterocycles. The number of carbonyl (C=O) groups is 8. The smallest absolute Gasteiger partial charge is 0.130 e. The number of hydrogen-bond acceptors (Lipinski definition) is 10. The highest BCUT2D eigenvalue weighted by Gasteiger charge is 2.35. The van der Waals surface area contributed by atoms with Crippen molar-refractivity contribution >= 4 is 68.3 Å². The van der Waals surface area contributed by atoms with Gasteiger partial charge in [0.2, 0.25) is 0 Å². The molecule has 0 amide bonds. The summed E-state index contributed by atoms with van der Waals surface area (Å²) in [6.07, 6.45) is 5.86. The molecule has 4 unspecified atom stereocenters. The predicted molar refractivity (Wildman–Crippen MR) is 248 cm³/mol. The zero-order valence-corrected chi connectivity index (χ0v) is 39.1. The maximum atomic E-state index is 12.6. The van der Waals surface area contributed by atoms with Crippen molar-refractivity contribution in [2.75, 3.05) is 0 Å². The standard InChI is InChI=1S/C52H66N4O8/c1-29(57)9-17-37-38(18-10-30(2)58)46-26-48-41(21-13-33(5)61)42(22-14-34(6)62)50(55-48)28-52-44(24-16-36(8)64)43(23-15-35(7)63)51(56-52)27-49-40(20-12-32(4)60)39(19-11-31(3)59)47(54-49)25-45(37)53-46/h25-28,37-38,43-44,54-55H,9-24H2,1-8H3. The second-order valence-electron chi connectivity index (χ2n) is 18.5. The molecule has 5 rings (SSSR count). The lowest BCUT2D eigenvalue weighted by atomic mass is 9.82. The molecule has 0 fully saturated rings. The SMILES string of the molecule is CC(=O)CCc1c(CCC(C)=O)c2cc3nc(cc4[nH]c(cc5nc(cc1[nH]2)C(CCC(C)=O)C5CCC(C)=O)c(CCC(C)=O)c4CCC(C)=O)C(CCC(C)=O)C3CCC(C)=O. The first-order chi connectivity index (χ1) is 30.3. The van der Waals surface area contributed by atoms with Gasteiger partial charge in [0.15, 0.2) is 0 Å². The summed E-state index contributed by atoms with van der Waals surface area (Å²) in [5.74, 6) is -0.767. The van der Waals surface area contributed by atoms with E-state index in [1.807, 2.05) is 24.3 Å². The van der Waals surface area contributed by atoms with E-state index in [-0.39, 0.29) is 95.6 Å². The monoisotopic (exact) mass is 874 g/mol. The Morgan fingerprint density at radius 1 is 0.344 bits per heavy atom. The summed E-state index contributed by atoms with van der Waals surface area (Å²) in [6.45, 7) is 12.5. The molecule has 12 heteroatoms. The number of hydrogen-bond donors (Lipinski definition) is 2. The normalized spacial score (nSPS) is 17.0. The summed E-state index contributed by atoms with van der Waals surface area (Å²) in [7, 11) is 0. The first kappa shape index (κ1) is 49.5. The highest BCUT2D eigenvalue weighted by molar-refractivity contribution is 5.82. The van der Waals surface area contributed by atoms with Gasteiger partial charge in [-0.1, -0.05) is 0 Å². The third-order valence-corrected chi connectivity index (χ3v) is 12.9. The third-order valence-electron chi connectivity index (χ3n) is 12.9. The molecule has 4 atom stereocenters. The number of aryl methyl sites for hydroxylation is 4. The van der Waals surface area contributed by atoms with Crippen molar-refractivity contribution in [3.63, 3.8) is 0 Å². The maximum absolute atomic E-state index is 12.6. The van der Waals surface area contributed by atoms with Gasteiger partial charge in [-0.15, -0.1) is 0 Å². The van der Waals surface area contributed by atoms with E-state index in [0.717, 1.165) is 67.1 Å². The fourth-order valence-electron chi connectivity index (χ4n) is 9.52. The van der Waals surface area contributed by atoms with Crippen LogP contribution in [0.2, 0.25) is 0 Å². The van der Waals surface area contributed by atoms with Gasteiger partial charge in [0.25, 0.3) is 0 Å². The number of nitrogens with zero attached hydrogens (tertiary/aromatic N) is 2. The molecule has 0 spiro atoms. The molecule has 2 aliphatic rings. The van der Waals surface area contributed by atoms with Crippen molar-refractivity contribution in [2.45, 2.75) is 182 Å². The predicted octanol–water partition coefficient (Wildman–Crippen LogP) is 9.61. The molecule has 342 valence electrons. The van der Waals surface area contributed by atoms with Crippen molar-refractivity contribution in [1.29, 1.82) is 0 Å². The number of Topliss-reactive ketones (excluding diaryl/α,β-unsaturated/α-hetero) is 8. The van der Waals surface area contributed by atoms with Crippen LogP contribution in [0.5, 0.6) is 0 Å². The van der Waals surface area contributed by atoms with Crippen molar-refractivity contribution in [3.05, 3.63) is 69.3 Å². The van der Waals surface area contributed by atoms with Crippen LogP contribution in [-0.4, -0.2) is 66.2 Å². The lowest BCUT2D eigenvalue weighted by molar-refractivity contribution is -0.118. The summed E-state index contributed by atoms with van der Waals surface area (Å²) < 4.78 is 0. The molecule has 0 aromatic carbocycles. The number of fused-ring (bicyclic) bond motifs is 8. The number of H-pyrrole nitrogens is 2. The first-order valence-corrected chi connectivity index (χ1v) is 23.0. The van der Waals surface area contributed by atoms with Gasteiger partial charge >= 0.3 is 0 Å². The van der Waals surface area contributed by atoms with Gasteiger partial charge < -0.3 is 48.3 Å². The number of carbonyl (C=O) groups excluding carboxylic acids is 8. The molecule has 8 bridgehead atoms. The Morgan fingerprint density at radius 2 is 0.531 bits per heavy atom. The topological polar surface area (TPSA) is 194 Å². The average molecular weight is 875 g/mol. The minimum Gasteiger partial charge on any atom is -0.355 e. The Bertz CT molecular complexity index is 2160. The lowest BCUT2D eigenvalue weighted by Gasteiger charge is -2.19. The number of aromatic amines is 2. The molecule has 64 heavy (non-hydrogen) atoms. The van der Waals surface area contributed by atoms with Gasteiger partial charge in [0, 0.05) is 120 Å². The van der Waals surface area contributed by atoms with Gasteiger partial charge in [-0.2, -0.15) is 0 Å². The van der Waals surface area contributed by atoms with E-state index in [1.54, 1.807) is 55.4 Å². The minimum absolute atomic E-state index is 0.0154. The van der Waals surface area contributed by atoms with E-state index in [2.05, 4.69) is 9.97 Å². The van der Waals surface area contributed by atoms with Crippen LogP contribution in [0.25, 0.3) is 22.1 Å². The van der Waals surface area contributed by atoms with E-state index < -0.39 is 0 Å². The van der Waals surface area contributed by atoms with Crippen LogP contribution < -0.4 is 0 Å². The third kappa shape index (κ3) is 13.3. The van der Waals surface area contributed by atoms with E-state index >= 15 is 0 Å². The van der Waals surface area contributed by atoms with Crippen LogP contribution in [-0.2, 0) is 64.0 Å². The van der Waals surface area contributed by atoms with Gasteiger partial charge in [-0.05, 0) is 153 Å². The van der Waals surface area contributed by atoms with E-state index in [9.17, 15) is 38.4 Å². The fourth-order valence-corrected chi connectivity index (χ4v) is 9.52. The molecular formula is C52H66N4O8.